The second-order valence-corrected chi connectivity index (χ2v) is 16.4. The SMILES string of the molecule is CC/C=C\C/C=C\CCCCCCCC(=O)OC(COC(=O)CCCCCCC/C=C\C=C/CCCCCCCCC)COC(=O)CCCCCCC/C=C\CCCC. The molecule has 0 saturated carbocycles. The van der Waals surface area contributed by atoms with Crippen LogP contribution in [0.3, 0.4) is 0 Å². The van der Waals surface area contributed by atoms with Gasteiger partial charge in [0, 0.05) is 19.3 Å². The Kier molecular flexibility index (Phi) is 45.4. The van der Waals surface area contributed by atoms with Crippen LogP contribution in [-0.4, -0.2) is 37.2 Å². The molecule has 0 bridgehead atoms. The third-order valence-corrected chi connectivity index (χ3v) is 10.5. The summed E-state index contributed by atoms with van der Waals surface area (Å²) in [4.78, 5) is 37.8. The Morgan fingerprint density at radius 2 is 0.729 bits per heavy atom. The second kappa shape index (κ2) is 47.8. The molecule has 0 spiro atoms. The Hall–Kier alpha value is -2.89. The minimum Gasteiger partial charge on any atom is -0.462 e. The molecule has 0 heterocycles. The molecule has 0 amide bonds. The molecule has 0 aromatic rings. The number of unbranched alkanes of at least 4 members (excludes halogenated alkanes) is 24. The van der Waals surface area contributed by atoms with Crippen LogP contribution in [0.25, 0.3) is 0 Å². The Morgan fingerprint density at radius 1 is 0.373 bits per heavy atom. The maximum absolute atomic E-state index is 12.7. The molecular weight excluding hydrogens is 733 g/mol. The summed E-state index contributed by atoms with van der Waals surface area (Å²) in [6, 6.07) is 0. The summed E-state index contributed by atoms with van der Waals surface area (Å²) in [5, 5.41) is 0. The first-order valence-electron chi connectivity index (χ1n) is 24.8. The molecule has 0 aliphatic heterocycles. The molecule has 0 rings (SSSR count). The summed E-state index contributed by atoms with van der Waals surface area (Å²) in [7, 11) is 0. The van der Waals surface area contributed by atoms with E-state index in [-0.39, 0.29) is 31.1 Å². The Morgan fingerprint density at radius 3 is 1.19 bits per heavy atom. The van der Waals surface area contributed by atoms with Crippen molar-refractivity contribution in [2.75, 3.05) is 13.2 Å². The van der Waals surface area contributed by atoms with Gasteiger partial charge in [-0.15, -0.1) is 0 Å². The van der Waals surface area contributed by atoms with Crippen molar-refractivity contribution in [1.29, 1.82) is 0 Å². The normalized spacial score (nSPS) is 12.5. The third-order valence-electron chi connectivity index (χ3n) is 10.5. The molecule has 0 aromatic carbocycles. The van der Waals surface area contributed by atoms with E-state index in [9.17, 15) is 14.4 Å². The van der Waals surface area contributed by atoms with E-state index in [4.69, 9.17) is 14.2 Å². The van der Waals surface area contributed by atoms with E-state index in [1.54, 1.807) is 0 Å². The van der Waals surface area contributed by atoms with E-state index in [0.717, 1.165) is 116 Å². The van der Waals surface area contributed by atoms with Crippen LogP contribution in [0.4, 0.5) is 0 Å². The maximum Gasteiger partial charge on any atom is 0.306 e. The summed E-state index contributed by atoms with van der Waals surface area (Å²) in [6.07, 6.45) is 57.8. The topological polar surface area (TPSA) is 78.9 Å². The number of carbonyl (C=O) groups excluding carboxylic acids is 3. The van der Waals surface area contributed by atoms with Gasteiger partial charge in [-0.3, -0.25) is 14.4 Å². The number of carbonyl (C=O) groups is 3. The van der Waals surface area contributed by atoms with Crippen LogP contribution in [0, 0.1) is 0 Å². The zero-order valence-electron chi connectivity index (χ0n) is 38.8. The fraction of sp³-hybridized carbons (Fsp3) is 0.755. The van der Waals surface area contributed by atoms with Crippen molar-refractivity contribution in [2.45, 2.75) is 245 Å². The first-order chi connectivity index (χ1) is 29.0. The number of allylic oxidation sites excluding steroid dienone is 10. The van der Waals surface area contributed by atoms with E-state index in [2.05, 4.69) is 81.5 Å². The van der Waals surface area contributed by atoms with Gasteiger partial charge in [0.25, 0.3) is 0 Å². The van der Waals surface area contributed by atoms with Crippen LogP contribution in [0.1, 0.15) is 239 Å². The highest BCUT2D eigenvalue weighted by atomic mass is 16.6. The van der Waals surface area contributed by atoms with Crippen LogP contribution < -0.4 is 0 Å². The van der Waals surface area contributed by atoms with Gasteiger partial charge >= 0.3 is 17.9 Å². The summed E-state index contributed by atoms with van der Waals surface area (Å²) in [6.45, 7) is 6.45. The van der Waals surface area contributed by atoms with Gasteiger partial charge in [-0.1, -0.05) is 191 Å². The lowest BCUT2D eigenvalue weighted by atomic mass is 10.1. The smallest absolute Gasteiger partial charge is 0.306 e. The number of hydrogen-bond donors (Lipinski definition) is 0. The zero-order valence-corrected chi connectivity index (χ0v) is 38.8. The number of rotatable bonds is 44. The van der Waals surface area contributed by atoms with E-state index < -0.39 is 6.10 Å². The minimum atomic E-state index is -0.789. The lowest BCUT2D eigenvalue weighted by Crippen LogP contribution is -2.30. The molecule has 340 valence electrons. The Balaban J connectivity index is 4.39. The van der Waals surface area contributed by atoms with Gasteiger partial charge in [0.2, 0.25) is 0 Å². The van der Waals surface area contributed by atoms with Crippen molar-refractivity contribution in [2.24, 2.45) is 0 Å². The van der Waals surface area contributed by atoms with Crippen molar-refractivity contribution in [3.05, 3.63) is 60.8 Å². The van der Waals surface area contributed by atoms with Crippen LogP contribution in [0.5, 0.6) is 0 Å². The zero-order chi connectivity index (χ0) is 43.0. The van der Waals surface area contributed by atoms with Gasteiger partial charge in [-0.25, -0.2) is 0 Å². The average molecular weight is 825 g/mol. The van der Waals surface area contributed by atoms with Crippen LogP contribution in [-0.2, 0) is 28.6 Å². The molecule has 0 aromatic heterocycles. The molecule has 59 heavy (non-hydrogen) atoms. The number of ether oxygens (including phenoxy) is 3. The molecule has 0 aliphatic rings. The molecule has 0 fully saturated rings. The Labute approximate surface area is 364 Å². The highest BCUT2D eigenvalue weighted by Crippen LogP contribution is 2.13. The molecule has 0 saturated heterocycles. The van der Waals surface area contributed by atoms with Crippen molar-refractivity contribution >= 4 is 17.9 Å². The van der Waals surface area contributed by atoms with Gasteiger partial charge in [-0.2, -0.15) is 0 Å². The lowest BCUT2D eigenvalue weighted by molar-refractivity contribution is -0.167. The summed E-state index contributed by atoms with van der Waals surface area (Å²) >= 11 is 0. The van der Waals surface area contributed by atoms with Gasteiger partial charge < -0.3 is 14.2 Å². The molecule has 0 N–H and O–H groups in total. The van der Waals surface area contributed by atoms with Crippen molar-refractivity contribution in [3.8, 4) is 0 Å². The van der Waals surface area contributed by atoms with E-state index >= 15 is 0 Å². The van der Waals surface area contributed by atoms with E-state index in [1.807, 2.05) is 0 Å². The predicted molar refractivity (Wildman–Crippen MR) is 251 cm³/mol. The lowest BCUT2D eigenvalue weighted by Gasteiger charge is -2.18. The van der Waals surface area contributed by atoms with Gasteiger partial charge in [0.15, 0.2) is 6.10 Å². The predicted octanol–water partition coefficient (Wildman–Crippen LogP) is 16.1. The van der Waals surface area contributed by atoms with Gasteiger partial charge in [-0.05, 0) is 89.9 Å². The summed E-state index contributed by atoms with van der Waals surface area (Å²) in [5.41, 5.74) is 0. The minimum absolute atomic E-state index is 0.0899. The molecule has 0 radical (unpaired) electrons. The summed E-state index contributed by atoms with van der Waals surface area (Å²) < 4.78 is 16.7. The fourth-order valence-electron chi connectivity index (χ4n) is 6.74. The second-order valence-electron chi connectivity index (χ2n) is 16.4. The molecule has 1 atom stereocenters. The van der Waals surface area contributed by atoms with Gasteiger partial charge in [0.05, 0.1) is 0 Å². The Bertz CT molecular complexity index is 1090. The maximum atomic E-state index is 12.7. The highest BCUT2D eigenvalue weighted by Gasteiger charge is 2.19. The highest BCUT2D eigenvalue weighted by molar-refractivity contribution is 5.71. The summed E-state index contributed by atoms with van der Waals surface area (Å²) in [5.74, 6) is -0.929. The average Bonchev–Trinajstić information content (AvgIpc) is 3.23. The fourth-order valence-corrected chi connectivity index (χ4v) is 6.74. The van der Waals surface area contributed by atoms with Crippen molar-refractivity contribution in [3.63, 3.8) is 0 Å². The van der Waals surface area contributed by atoms with Crippen molar-refractivity contribution < 1.29 is 28.6 Å². The standard InChI is InChI=1S/C53H92O6/c1-4-7-10-13-16-19-22-24-25-26-27-28-29-32-34-37-40-43-46-52(55)58-49-50(48-57-51(54)45-42-39-36-33-30-21-18-15-12-9-6-3)59-53(56)47-44-41-38-35-31-23-20-17-14-11-8-5-2/h8,11,15,17-18,20,25-28,50H,4-7,9-10,12-14,16,19,21-24,29-49H2,1-3H3/b11-8-,18-15-,20-17-,26-25-,28-27-. The van der Waals surface area contributed by atoms with E-state index in [0.29, 0.717) is 19.3 Å². The van der Waals surface area contributed by atoms with Crippen LogP contribution in [0.15, 0.2) is 60.8 Å². The van der Waals surface area contributed by atoms with Crippen LogP contribution in [0.2, 0.25) is 0 Å². The van der Waals surface area contributed by atoms with Crippen molar-refractivity contribution in [1.82, 2.24) is 0 Å². The molecule has 6 nitrogen and oxygen atoms in total. The first-order valence-corrected chi connectivity index (χ1v) is 24.8. The van der Waals surface area contributed by atoms with Crippen LogP contribution >= 0.6 is 0 Å². The largest absolute Gasteiger partial charge is 0.462 e. The third kappa shape index (κ3) is 46.0. The van der Waals surface area contributed by atoms with Gasteiger partial charge in [0.1, 0.15) is 13.2 Å². The first kappa shape index (κ1) is 56.1. The monoisotopic (exact) mass is 825 g/mol. The van der Waals surface area contributed by atoms with E-state index in [1.165, 1.54) is 83.5 Å². The quantitative estimate of drug-likeness (QED) is 0.0200. The number of esters is 3. The molecule has 0 aliphatic carbocycles. The molecule has 1 unspecified atom stereocenters. The molecule has 6 heteroatoms. The molecular formula is C53H92O6. The number of hydrogen-bond acceptors (Lipinski definition) is 6.